The van der Waals surface area contributed by atoms with Crippen molar-refractivity contribution < 1.29 is 9.13 Å². The molecule has 1 aromatic heterocycles. The number of hydrogen-bond acceptors (Lipinski definition) is 4. The summed E-state index contributed by atoms with van der Waals surface area (Å²) in [6.45, 7) is 3.42. The van der Waals surface area contributed by atoms with Crippen molar-refractivity contribution in [1.82, 2.24) is 10.3 Å². The van der Waals surface area contributed by atoms with E-state index in [2.05, 4.69) is 10.3 Å². The maximum Gasteiger partial charge on any atom is 0.141 e. The van der Waals surface area contributed by atoms with E-state index in [9.17, 15) is 4.39 Å². The summed E-state index contributed by atoms with van der Waals surface area (Å²) in [5, 5.41) is 3.20. The van der Waals surface area contributed by atoms with Crippen LogP contribution in [0.15, 0.2) is 36.5 Å². The molecule has 5 heteroatoms. The topological polar surface area (TPSA) is 37.4 Å². The van der Waals surface area contributed by atoms with Crippen LogP contribution in [0.2, 0.25) is 0 Å². The summed E-state index contributed by atoms with van der Waals surface area (Å²) in [6.07, 6.45) is 1.24. The summed E-state index contributed by atoms with van der Waals surface area (Å²) < 4.78 is 18.6. The van der Waals surface area contributed by atoms with E-state index in [1.807, 2.05) is 43.1 Å². The van der Waals surface area contributed by atoms with E-state index < -0.39 is 0 Å². The summed E-state index contributed by atoms with van der Waals surface area (Å²) in [5.74, 6) is 1.21. The Bertz CT molecular complexity index is 587. The molecule has 1 heterocycles. The molecule has 0 amide bonds. The van der Waals surface area contributed by atoms with Crippen molar-refractivity contribution in [2.24, 2.45) is 0 Å². The Balaban J connectivity index is 2.30. The maximum absolute atomic E-state index is 13.4. The van der Waals surface area contributed by atoms with E-state index in [4.69, 9.17) is 4.74 Å². The van der Waals surface area contributed by atoms with E-state index in [0.717, 1.165) is 29.4 Å². The molecule has 21 heavy (non-hydrogen) atoms. The van der Waals surface area contributed by atoms with Crippen LogP contribution in [-0.4, -0.2) is 25.7 Å². The molecule has 0 atom stereocenters. The minimum atomic E-state index is -0.324. The first-order chi connectivity index (χ1) is 10.2. The number of nitrogens with one attached hydrogen (secondary N) is 1. The van der Waals surface area contributed by atoms with Crippen LogP contribution in [0, 0.1) is 5.82 Å². The highest BCUT2D eigenvalue weighted by Crippen LogP contribution is 2.27. The Morgan fingerprint density at radius 1 is 1.29 bits per heavy atom. The molecule has 0 saturated heterocycles. The molecule has 0 aliphatic carbocycles. The van der Waals surface area contributed by atoms with E-state index in [1.165, 1.54) is 12.3 Å². The fourth-order valence-corrected chi connectivity index (χ4v) is 2.09. The lowest BCUT2D eigenvalue weighted by molar-refractivity contribution is 0.415. The van der Waals surface area contributed by atoms with E-state index >= 15 is 0 Å². The van der Waals surface area contributed by atoms with E-state index in [1.54, 1.807) is 7.11 Å². The number of aromatic nitrogens is 1. The maximum atomic E-state index is 13.4. The van der Waals surface area contributed by atoms with Gasteiger partial charge in [0.15, 0.2) is 0 Å². The average molecular weight is 289 g/mol. The lowest BCUT2D eigenvalue weighted by Gasteiger charge is -2.21. The van der Waals surface area contributed by atoms with Crippen molar-refractivity contribution in [3.05, 3.63) is 47.9 Å². The first-order valence-electron chi connectivity index (χ1n) is 6.88. The molecule has 0 unspecified atom stereocenters. The van der Waals surface area contributed by atoms with Crippen LogP contribution in [0.4, 0.5) is 15.9 Å². The second kappa shape index (κ2) is 7.04. The Labute approximate surface area is 124 Å². The molecule has 0 radical (unpaired) electrons. The minimum Gasteiger partial charge on any atom is -0.497 e. The van der Waals surface area contributed by atoms with Gasteiger partial charge in [0.1, 0.15) is 17.4 Å². The standard InChI is InChI=1S/C16H20FN3O/c1-4-18-10-12-9-13(17)11-19-16(12)20(2)14-5-7-15(21-3)8-6-14/h5-9,11,18H,4,10H2,1-3H3. The second-order valence-electron chi connectivity index (χ2n) is 4.67. The summed E-state index contributed by atoms with van der Waals surface area (Å²) >= 11 is 0. The zero-order chi connectivity index (χ0) is 15.2. The molecule has 0 aliphatic heterocycles. The third kappa shape index (κ3) is 3.70. The molecule has 1 aromatic carbocycles. The highest BCUT2D eigenvalue weighted by atomic mass is 19.1. The van der Waals surface area contributed by atoms with Crippen molar-refractivity contribution in [2.75, 3.05) is 25.6 Å². The van der Waals surface area contributed by atoms with Crippen LogP contribution < -0.4 is 15.0 Å². The van der Waals surface area contributed by atoms with Gasteiger partial charge in [-0.05, 0) is 36.9 Å². The van der Waals surface area contributed by atoms with Crippen molar-refractivity contribution in [3.63, 3.8) is 0 Å². The number of ether oxygens (including phenoxy) is 1. The number of methoxy groups -OCH3 is 1. The van der Waals surface area contributed by atoms with E-state index in [0.29, 0.717) is 6.54 Å². The average Bonchev–Trinajstić information content (AvgIpc) is 2.52. The molecule has 0 fully saturated rings. The van der Waals surface area contributed by atoms with Gasteiger partial charge in [0, 0.05) is 24.8 Å². The van der Waals surface area contributed by atoms with Crippen molar-refractivity contribution in [1.29, 1.82) is 0 Å². The first-order valence-corrected chi connectivity index (χ1v) is 6.88. The van der Waals surface area contributed by atoms with Gasteiger partial charge in [-0.1, -0.05) is 6.92 Å². The molecular formula is C16H20FN3O. The van der Waals surface area contributed by atoms with Gasteiger partial charge in [0.25, 0.3) is 0 Å². The van der Waals surface area contributed by atoms with Gasteiger partial charge >= 0.3 is 0 Å². The Morgan fingerprint density at radius 3 is 2.62 bits per heavy atom. The largest absolute Gasteiger partial charge is 0.497 e. The van der Waals surface area contributed by atoms with Gasteiger partial charge in [0.05, 0.1) is 13.3 Å². The van der Waals surface area contributed by atoms with E-state index in [-0.39, 0.29) is 5.82 Å². The third-order valence-corrected chi connectivity index (χ3v) is 3.25. The van der Waals surface area contributed by atoms with Crippen LogP contribution in [0.3, 0.4) is 0 Å². The van der Waals surface area contributed by atoms with Gasteiger partial charge < -0.3 is 15.0 Å². The number of nitrogens with zero attached hydrogens (tertiary/aromatic N) is 2. The monoisotopic (exact) mass is 289 g/mol. The van der Waals surface area contributed by atoms with Gasteiger partial charge in [-0.25, -0.2) is 9.37 Å². The van der Waals surface area contributed by atoms with Crippen molar-refractivity contribution in [3.8, 4) is 5.75 Å². The lowest BCUT2D eigenvalue weighted by atomic mass is 10.2. The molecule has 2 rings (SSSR count). The van der Waals surface area contributed by atoms with Gasteiger partial charge in [-0.2, -0.15) is 0 Å². The van der Waals surface area contributed by atoms with Gasteiger partial charge in [-0.15, -0.1) is 0 Å². The highest BCUT2D eigenvalue weighted by Gasteiger charge is 2.12. The summed E-state index contributed by atoms with van der Waals surface area (Å²) in [4.78, 5) is 6.17. The minimum absolute atomic E-state index is 0.324. The zero-order valence-electron chi connectivity index (χ0n) is 12.6. The first kappa shape index (κ1) is 15.3. The molecule has 0 aliphatic rings. The van der Waals surface area contributed by atoms with Crippen LogP contribution in [-0.2, 0) is 6.54 Å². The lowest BCUT2D eigenvalue weighted by Crippen LogP contribution is -2.18. The van der Waals surface area contributed by atoms with Crippen LogP contribution >= 0.6 is 0 Å². The normalized spacial score (nSPS) is 10.5. The quantitative estimate of drug-likeness (QED) is 0.886. The van der Waals surface area contributed by atoms with Crippen LogP contribution in [0.1, 0.15) is 12.5 Å². The molecule has 112 valence electrons. The molecule has 0 saturated carbocycles. The Morgan fingerprint density at radius 2 is 2.00 bits per heavy atom. The van der Waals surface area contributed by atoms with Crippen LogP contribution in [0.25, 0.3) is 0 Å². The van der Waals surface area contributed by atoms with Gasteiger partial charge in [-0.3, -0.25) is 0 Å². The number of hydrogen-bond donors (Lipinski definition) is 1. The molecular weight excluding hydrogens is 269 g/mol. The van der Waals surface area contributed by atoms with Gasteiger partial charge in [0.2, 0.25) is 0 Å². The smallest absolute Gasteiger partial charge is 0.141 e. The zero-order valence-corrected chi connectivity index (χ0v) is 12.6. The second-order valence-corrected chi connectivity index (χ2v) is 4.67. The summed E-state index contributed by atoms with van der Waals surface area (Å²) in [6, 6.07) is 9.19. The molecule has 0 spiro atoms. The molecule has 2 aromatic rings. The van der Waals surface area contributed by atoms with Crippen molar-refractivity contribution in [2.45, 2.75) is 13.5 Å². The molecule has 4 nitrogen and oxygen atoms in total. The SMILES string of the molecule is CCNCc1cc(F)cnc1N(C)c1ccc(OC)cc1. The Hall–Kier alpha value is -2.14. The van der Waals surface area contributed by atoms with Crippen LogP contribution in [0.5, 0.6) is 5.75 Å². The molecule has 1 N–H and O–H groups in total. The fourth-order valence-electron chi connectivity index (χ4n) is 2.09. The Kier molecular flexibility index (Phi) is 5.11. The summed E-state index contributed by atoms with van der Waals surface area (Å²) in [7, 11) is 3.55. The number of halogens is 1. The summed E-state index contributed by atoms with van der Waals surface area (Å²) in [5.41, 5.74) is 1.79. The highest BCUT2D eigenvalue weighted by molar-refractivity contribution is 5.62. The molecule has 0 bridgehead atoms. The number of pyridine rings is 1. The predicted molar refractivity (Wildman–Crippen MR) is 82.6 cm³/mol. The fraction of sp³-hybridized carbons (Fsp3) is 0.312. The van der Waals surface area contributed by atoms with Crippen molar-refractivity contribution >= 4 is 11.5 Å². The number of benzene rings is 1. The third-order valence-electron chi connectivity index (χ3n) is 3.25. The predicted octanol–water partition coefficient (Wildman–Crippen LogP) is 3.11. The number of anilines is 2. The number of rotatable bonds is 6.